The van der Waals surface area contributed by atoms with Crippen LogP contribution in [0.5, 0.6) is 5.75 Å². The van der Waals surface area contributed by atoms with Crippen LogP contribution in [-0.2, 0) is 0 Å². The molecule has 1 aromatic heterocycles. The molecule has 0 amide bonds. The van der Waals surface area contributed by atoms with Gasteiger partial charge in [-0.15, -0.1) is 13.2 Å². The summed E-state index contributed by atoms with van der Waals surface area (Å²) in [6, 6.07) is 7.50. The third kappa shape index (κ3) is 3.90. The third-order valence-corrected chi connectivity index (χ3v) is 5.27. The number of aromatic nitrogens is 2. The highest BCUT2D eigenvalue weighted by Gasteiger charge is 2.31. The molecule has 0 unspecified atom stereocenters. The first kappa shape index (κ1) is 19.6. The lowest BCUT2D eigenvalue weighted by molar-refractivity contribution is -0.274. The Morgan fingerprint density at radius 2 is 1.72 bits per heavy atom. The summed E-state index contributed by atoms with van der Waals surface area (Å²) >= 11 is 0. The van der Waals surface area contributed by atoms with Gasteiger partial charge in [-0.1, -0.05) is 18.6 Å². The number of aliphatic hydroxyl groups is 2. The molecule has 1 heterocycles. The van der Waals surface area contributed by atoms with Crippen molar-refractivity contribution in [2.24, 2.45) is 0 Å². The zero-order valence-corrected chi connectivity index (χ0v) is 15.4. The molecule has 0 aliphatic heterocycles. The Bertz CT molecular complexity index is 1020. The average Bonchev–Trinajstić information content (AvgIpc) is 2.65. The second-order valence-corrected chi connectivity index (χ2v) is 7.08. The number of benzene rings is 2. The van der Waals surface area contributed by atoms with E-state index in [1.807, 2.05) is 6.07 Å². The number of halogens is 3. The van der Waals surface area contributed by atoms with Crippen LogP contribution in [-0.4, -0.2) is 33.2 Å². The second kappa shape index (κ2) is 7.61. The van der Waals surface area contributed by atoms with Gasteiger partial charge >= 0.3 is 6.36 Å². The second-order valence-electron chi connectivity index (χ2n) is 7.08. The van der Waals surface area contributed by atoms with Crippen molar-refractivity contribution in [2.75, 3.05) is 6.61 Å². The summed E-state index contributed by atoms with van der Waals surface area (Å²) in [4.78, 5) is 8.79. The first-order valence-electron chi connectivity index (χ1n) is 9.30. The van der Waals surface area contributed by atoms with E-state index < -0.39 is 19.1 Å². The van der Waals surface area contributed by atoms with Crippen LogP contribution in [0.15, 0.2) is 42.7 Å². The summed E-state index contributed by atoms with van der Waals surface area (Å²) in [6.07, 6.45) is 0.218. The van der Waals surface area contributed by atoms with Crippen LogP contribution < -0.4 is 4.74 Å². The number of ether oxygens (including phenoxy) is 1. The third-order valence-electron chi connectivity index (χ3n) is 5.27. The molecule has 1 atom stereocenters. The highest BCUT2D eigenvalue weighted by atomic mass is 19.4. The number of alkyl halides is 3. The predicted octanol–water partition coefficient (Wildman–Crippen LogP) is 4.49. The average molecular weight is 404 g/mol. The molecular formula is C21H19F3N2O3. The van der Waals surface area contributed by atoms with Crippen molar-refractivity contribution in [3.8, 4) is 16.9 Å². The van der Waals surface area contributed by atoms with E-state index in [9.17, 15) is 23.4 Å². The Morgan fingerprint density at radius 1 is 1.07 bits per heavy atom. The summed E-state index contributed by atoms with van der Waals surface area (Å²) in [5.74, 6) is -0.0626. The first-order valence-corrected chi connectivity index (χ1v) is 9.30. The minimum Gasteiger partial charge on any atom is -0.406 e. The molecule has 2 N–H and O–H groups in total. The minimum absolute atomic E-state index is 0.240. The van der Waals surface area contributed by atoms with Crippen LogP contribution in [0, 0.1) is 0 Å². The molecule has 1 saturated carbocycles. The fraction of sp³-hybridized carbons (Fsp3) is 0.333. The van der Waals surface area contributed by atoms with Gasteiger partial charge in [0.2, 0.25) is 0 Å². The van der Waals surface area contributed by atoms with Gasteiger partial charge in [-0.05, 0) is 48.1 Å². The highest BCUT2D eigenvalue weighted by molar-refractivity contribution is 5.94. The van der Waals surface area contributed by atoms with Gasteiger partial charge in [-0.25, -0.2) is 0 Å². The zero-order chi connectivity index (χ0) is 20.6. The van der Waals surface area contributed by atoms with Crippen molar-refractivity contribution in [3.63, 3.8) is 0 Å². The normalized spacial score (nSPS) is 15.9. The van der Waals surface area contributed by atoms with Crippen LogP contribution >= 0.6 is 0 Å². The molecule has 29 heavy (non-hydrogen) atoms. The van der Waals surface area contributed by atoms with Gasteiger partial charge in [0.1, 0.15) is 11.9 Å². The van der Waals surface area contributed by atoms with Gasteiger partial charge in [0, 0.05) is 23.5 Å². The Labute approximate surface area is 164 Å². The van der Waals surface area contributed by atoms with E-state index in [2.05, 4.69) is 14.7 Å². The van der Waals surface area contributed by atoms with E-state index >= 15 is 0 Å². The summed E-state index contributed by atoms with van der Waals surface area (Å²) in [7, 11) is 0. The Kier molecular flexibility index (Phi) is 5.14. The van der Waals surface area contributed by atoms with Gasteiger partial charge < -0.3 is 14.9 Å². The Balaban J connectivity index is 1.86. The lowest BCUT2D eigenvalue weighted by Crippen LogP contribution is -2.17. The topological polar surface area (TPSA) is 75.5 Å². The molecule has 1 aliphatic rings. The zero-order valence-electron chi connectivity index (χ0n) is 15.4. The van der Waals surface area contributed by atoms with Gasteiger partial charge in [-0.3, -0.25) is 9.97 Å². The molecule has 2 aromatic carbocycles. The van der Waals surface area contributed by atoms with Crippen molar-refractivity contribution in [2.45, 2.75) is 37.6 Å². The van der Waals surface area contributed by atoms with E-state index in [4.69, 9.17) is 0 Å². The maximum atomic E-state index is 12.4. The lowest BCUT2D eigenvalue weighted by atomic mass is 9.76. The molecule has 5 nitrogen and oxygen atoms in total. The molecule has 3 aromatic rings. The summed E-state index contributed by atoms with van der Waals surface area (Å²) < 4.78 is 41.2. The maximum Gasteiger partial charge on any atom is 0.573 e. The van der Waals surface area contributed by atoms with Crippen LogP contribution in [0.2, 0.25) is 0 Å². The molecular weight excluding hydrogens is 385 g/mol. The summed E-state index contributed by atoms with van der Waals surface area (Å²) in [5, 5.41) is 20.0. The SMILES string of the molecule is OC[C@@H](O)c1c(C2CCC2)cc(-c2ccc(OC(F)(F)F)cc2)c2nccnc12. The molecule has 0 saturated heterocycles. The number of nitrogens with zero attached hydrogens (tertiary/aromatic N) is 2. The van der Waals surface area contributed by atoms with Crippen molar-refractivity contribution >= 4 is 11.0 Å². The van der Waals surface area contributed by atoms with Crippen LogP contribution in [0.4, 0.5) is 13.2 Å². The number of rotatable bonds is 5. The number of aliphatic hydroxyl groups excluding tert-OH is 2. The van der Waals surface area contributed by atoms with E-state index in [0.29, 0.717) is 27.7 Å². The van der Waals surface area contributed by atoms with Crippen molar-refractivity contribution in [3.05, 3.63) is 53.9 Å². The predicted molar refractivity (Wildman–Crippen MR) is 100 cm³/mol. The smallest absolute Gasteiger partial charge is 0.406 e. The molecule has 0 bridgehead atoms. The molecule has 1 fully saturated rings. The van der Waals surface area contributed by atoms with E-state index in [-0.39, 0.29) is 11.7 Å². The van der Waals surface area contributed by atoms with E-state index in [0.717, 1.165) is 24.8 Å². The van der Waals surface area contributed by atoms with Crippen molar-refractivity contribution < 1.29 is 28.1 Å². The molecule has 0 spiro atoms. The summed E-state index contributed by atoms with van der Waals surface area (Å²) in [5.41, 5.74) is 3.85. The van der Waals surface area contributed by atoms with Crippen molar-refractivity contribution in [1.82, 2.24) is 9.97 Å². The van der Waals surface area contributed by atoms with Gasteiger partial charge in [0.05, 0.1) is 17.6 Å². The minimum atomic E-state index is -4.75. The fourth-order valence-corrected chi connectivity index (χ4v) is 3.73. The number of hydrogen-bond acceptors (Lipinski definition) is 5. The molecule has 8 heteroatoms. The lowest BCUT2D eigenvalue weighted by Gasteiger charge is -2.30. The van der Waals surface area contributed by atoms with Crippen molar-refractivity contribution in [1.29, 1.82) is 0 Å². The Hall–Kier alpha value is -2.71. The molecule has 1 aliphatic carbocycles. The van der Waals surface area contributed by atoms with Gasteiger partial charge in [-0.2, -0.15) is 0 Å². The largest absolute Gasteiger partial charge is 0.573 e. The van der Waals surface area contributed by atoms with E-state index in [1.54, 1.807) is 0 Å². The van der Waals surface area contributed by atoms with Gasteiger partial charge in [0.15, 0.2) is 0 Å². The fourth-order valence-electron chi connectivity index (χ4n) is 3.73. The Morgan fingerprint density at radius 3 is 2.28 bits per heavy atom. The quantitative estimate of drug-likeness (QED) is 0.655. The molecule has 0 radical (unpaired) electrons. The first-order chi connectivity index (χ1) is 13.9. The highest BCUT2D eigenvalue weighted by Crippen LogP contribution is 2.44. The number of fused-ring (bicyclic) bond motifs is 1. The van der Waals surface area contributed by atoms with Crippen LogP contribution in [0.3, 0.4) is 0 Å². The molecule has 152 valence electrons. The van der Waals surface area contributed by atoms with Crippen LogP contribution in [0.1, 0.15) is 42.4 Å². The maximum absolute atomic E-state index is 12.4. The van der Waals surface area contributed by atoms with Gasteiger partial charge in [0.25, 0.3) is 0 Å². The van der Waals surface area contributed by atoms with E-state index in [1.165, 1.54) is 36.7 Å². The molecule has 4 rings (SSSR count). The number of hydrogen-bond donors (Lipinski definition) is 2. The monoisotopic (exact) mass is 404 g/mol. The van der Waals surface area contributed by atoms with Crippen LogP contribution in [0.25, 0.3) is 22.2 Å². The standard InChI is InChI=1S/C21H19F3N2O3/c22-21(23,24)29-14-6-4-13(5-7-14)16-10-15(12-2-1-3-12)18(17(28)11-27)20-19(16)25-8-9-26-20/h4-10,12,17,27-28H,1-3,11H2/t17-/m1/s1. The summed E-state index contributed by atoms with van der Waals surface area (Å²) in [6.45, 7) is -0.436.